The molecule has 1 atom stereocenters. The SMILES string of the molecule is CCNC(=NCc1ccccc1COCC)NC(C)CCS(C)(=O)=O.I. The standard InChI is InChI=1S/C18H31N3O3S.HI/c1-5-19-18(21-15(3)11-12-25(4,22)23)20-13-16-9-7-8-10-17(16)14-24-6-2;/h7-10,15H,5-6,11-14H2,1-4H3,(H2,19,20,21);1H. The molecule has 8 heteroatoms. The first kappa shape index (κ1) is 25.1. The van der Waals surface area contributed by atoms with E-state index in [2.05, 4.69) is 27.8 Å². The van der Waals surface area contributed by atoms with E-state index in [9.17, 15) is 8.42 Å². The van der Waals surface area contributed by atoms with Gasteiger partial charge in [0.15, 0.2) is 5.96 Å². The number of aliphatic imine (C=N–C) groups is 1. The minimum Gasteiger partial charge on any atom is -0.377 e. The van der Waals surface area contributed by atoms with Gasteiger partial charge in [-0.1, -0.05) is 24.3 Å². The zero-order chi connectivity index (χ0) is 18.7. The molecule has 1 unspecified atom stereocenters. The molecule has 26 heavy (non-hydrogen) atoms. The van der Waals surface area contributed by atoms with Crippen molar-refractivity contribution in [2.75, 3.05) is 25.2 Å². The van der Waals surface area contributed by atoms with Gasteiger partial charge in [-0.05, 0) is 38.3 Å². The molecule has 6 nitrogen and oxygen atoms in total. The summed E-state index contributed by atoms with van der Waals surface area (Å²) in [6, 6.07) is 8.11. The predicted molar refractivity (Wildman–Crippen MR) is 119 cm³/mol. The van der Waals surface area contributed by atoms with Crippen molar-refractivity contribution in [2.45, 2.75) is 46.4 Å². The Kier molecular flexibility index (Phi) is 12.9. The average Bonchev–Trinajstić information content (AvgIpc) is 2.56. The molecule has 150 valence electrons. The van der Waals surface area contributed by atoms with E-state index < -0.39 is 9.84 Å². The largest absolute Gasteiger partial charge is 0.377 e. The molecule has 0 aliphatic heterocycles. The minimum absolute atomic E-state index is 0. The summed E-state index contributed by atoms with van der Waals surface area (Å²) in [7, 11) is -2.95. The number of guanidine groups is 1. The smallest absolute Gasteiger partial charge is 0.191 e. The Balaban J connectivity index is 0.00000625. The number of hydrogen-bond donors (Lipinski definition) is 2. The van der Waals surface area contributed by atoms with Crippen LogP contribution in [0, 0.1) is 0 Å². The summed E-state index contributed by atoms with van der Waals surface area (Å²) < 4.78 is 28.1. The molecule has 0 amide bonds. The average molecular weight is 497 g/mol. The number of benzene rings is 1. The molecule has 0 spiro atoms. The maximum Gasteiger partial charge on any atom is 0.191 e. The van der Waals surface area contributed by atoms with Crippen molar-refractivity contribution in [3.63, 3.8) is 0 Å². The van der Waals surface area contributed by atoms with Crippen LogP contribution < -0.4 is 10.6 Å². The fourth-order valence-corrected chi connectivity index (χ4v) is 3.03. The second-order valence-corrected chi connectivity index (χ2v) is 8.32. The lowest BCUT2D eigenvalue weighted by Gasteiger charge is -2.17. The van der Waals surface area contributed by atoms with Gasteiger partial charge in [0.25, 0.3) is 0 Å². The van der Waals surface area contributed by atoms with Gasteiger partial charge in [-0.2, -0.15) is 0 Å². The fourth-order valence-electron chi connectivity index (χ4n) is 2.25. The van der Waals surface area contributed by atoms with E-state index in [1.54, 1.807) is 0 Å². The Bertz CT molecular complexity index is 651. The molecule has 0 heterocycles. The molecule has 1 aromatic rings. The Morgan fingerprint density at radius 3 is 2.46 bits per heavy atom. The van der Waals surface area contributed by atoms with E-state index in [0.717, 1.165) is 17.7 Å². The van der Waals surface area contributed by atoms with Crippen molar-refractivity contribution in [1.29, 1.82) is 0 Å². The number of sulfone groups is 1. The van der Waals surface area contributed by atoms with Crippen LogP contribution in [0.1, 0.15) is 38.3 Å². The van der Waals surface area contributed by atoms with Crippen molar-refractivity contribution in [3.05, 3.63) is 35.4 Å². The highest BCUT2D eigenvalue weighted by molar-refractivity contribution is 14.0. The van der Waals surface area contributed by atoms with Gasteiger partial charge in [-0.3, -0.25) is 0 Å². The molecule has 0 fully saturated rings. The molecule has 1 rings (SSSR count). The Labute approximate surface area is 175 Å². The van der Waals surface area contributed by atoms with Gasteiger partial charge >= 0.3 is 0 Å². The van der Waals surface area contributed by atoms with Crippen LogP contribution in [0.4, 0.5) is 0 Å². The van der Waals surface area contributed by atoms with E-state index >= 15 is 0 Å². The lowest BCUT2D eigenvalue weighted by molar-refractivity contribution is 0.133. The summed E-state index contributed by atoms with van der Waals surface area (Å²) in [5, 5.41) is 6.47. The number of hydrogen-bond acceptors (Lipinski definition) is 4. The van der Waals surface area contributed by atoms with Crippen LogP contribution in [0.2, 0.25) is 0 Å². The summed E-state index contributed by atoms with van der Waals surface area (Å²) in [6.07, 6.45) is 1.80. The third kappa shape index (κ3) is 11.0. The van der Waals surface area contributed by atoms with Crippen LogP contribution in [-0.4, -0.2) is 45.6 Å². The summed E-state index contributed by atoms with van der Waals surface area (Å²) in [5.74, 6) is 0.854. The van der Waals surface area contributed by atoms with Gasteiger partial charge in [-0.25, -0.2) is 13.4 Å². The van der Waals surface area contributed by atoms with Crippen LogP contribution >= 0.6 is 24.0 Å². The second kappa shape index (κ2) is 13.3. The minimum atomic E-state index is -2.95. The van der Waals surface area contributed by atoms with Crippen molar-refractivity contribution >= 4 is 39.8 Å². The quantitative estimate of drug-likeness (QED) is 0.295. The lowest BCUT2D eigenvalue weighted by atomic mass is 10.1. The van der Waals surface area contributed by atoms with E-state index in [-0.39, 0.29) is 35.8 Å². The maximum atomic E-state index is 11.3. The number of rotatable bonds is 10. The van der Waals surface area contributed by atoms with Gasteiger partial charge in [0, 0.05) is 25.4 Å². The first-order chi connectivity index (χ1) is 11.9. The fraction of sp³-hybridized carbons (Fsp3) is 0.611. The van der Waals surface area contributed by atoms with Crippen LogP contribution in [0.15, 0.2) is 29.3 Å². The van der Waals surface area contributed by atoms with Gasteiger partial charge in [0.05, 0.1) is 18.9 Å². The zero-order valence-corrected chi connectivity index (χ0v) is 19.3. The topological polar surface area (TPSA) is 79.8 Å². The number of nitrogens with one attached hydrogen (secondary N) is 2. The van der Waals surface area contributed by atoms with Crippen LogP contribution in [0.25, 0.3) is 0 Å². The van der Waals surface area contributed by atoms with E-state index in [4.69, 9.17) is 4.74 Å². The zero-order valence-electron chi connectivity index (χ0n) is 16.1. The van der Waals surface area contributed by atoms with Crippen molar-refractivity contribution in [2.24, 2.45) is 4.99 Å². The molecule has 0 saturated heterocycles. The first-order valence-electron chi connectivity index (χ1n) is 8.72. The Hall–Kier alpha value is -0.870. The molecule has 0 aliphatic carbocycles. The maximum absolute atomic E-state index is 11.3. The summed E-state index contributed by atoms with van der Waals surface area (Å²) in [6.45, 7) is 8.48. The number of halogens is 1. The Morgan fingerprint density at radius 1 is 1.23 bits per heavy atom. The third-order valence-electron chi connectivity index (χ3n) is 3.64. The van der Waals surface area contributed by atoms with Crippen LogP contribution in [-0.2, 0) is 27.7 Å². The van der Waals surface area contributed by atoms with Gasteiger partial charge in [0.2, 0.25) is 0 Å². The summed E-state index contributed by atoms with van der Waals surface area (Å²) >= 11 is 0. The molecular formula is C18H32IN3O3S. The van der Waals surface area contributed by atoms with E-state index in [1.165, 1.54) is 6.26 Å². The normalized spacial score (nSPS) is 13.0. The monoisotopic (exact) mass is 497 g/mol. The number of nitrogens with zero attached hydrogens (tertiary/aromatic N) is 1. The highest BCUT2D eigenvalue weighted by Crippen LogP contribution is 2.11. The summed E-state index contributed by atoms with van der Waals surface area (Å²) in [4.78, 5) is 4.63. The van der Waals surface area contributed by atoms with Crippen LogP contribution in [0.3, 0.4) is 0 Å². The molecule has 0 saturated carbocycles. The van der Waals surface area contributed by atoms with Crippen molar-refractivity contribution in [3.8, 4) is 0 Å². The van der Waals surface area contributed by atoms with Crippen molar-refractivity contribution in [1.82, 2.24) is 10.6 Å². The van der Waals surface area contributed by atoms with Crippen LogP contribution in [0.5, 0.6) is 0 Å². The molecule has 1 aromatic carbocycles. The lowest BCUT2D eigenvalue weighted by Crippen LogP contribution is -2.42. The van der Waals surface area contributed by atoms with Gasteiger partial charge in [-0.15, -0.1) is 24.0 Å². The molecule has 0 bridgehead atoms. The van der Waals surface area contributed by atoms with Gasteiger partial charge < -0.3 is 15.4 Å². The highest BCUT2D eigenvalue weighted by Gasteiger charge is 2.10. The Morgan fingerprint density at radius 2 is 1.88 bits per heavy atom. The molecule has 0 aromatic heterocycles. The molecule has 2 N–H and O–H groups in total. The van der Waals surface area contributed by atoms with E-state index in [0.29, 0.717) is 32.1 Å². The second-order valence-electron chi connectivity index (χ2n) is 6.06. The predicted octanol–water partition coefficient (Wildman–Crippen LogP) is 2.72. The van der Waals surface area contributed by atoms with E-state index in [1.807, 2.05) is 32.9 Å². The highest BCUT2D eigenvalue weighted by atomic mass is 127. The molecular weight excluding hydrogens is 465 g/mol. The third-order valence-corrected chi connectivity index (χ3v) is 4.61. The molecule has 0 aliphatic rings. The number of ether oxygens (including phenoxy) is 1. The first-order valence-corrected chi connectivity index (χ1v) is 10.8. The molecule has 0 radical (unpaired) electrons. The van der Waals surface area contributed by atoms with Gasteiger partial charge in [0.1, 0.15) is 9.84 Å². The summed E-state index contributed by atoms with van der Waals surface area (Å²) in [5.41, 5.74) is 2.26. The van der Waals surface area contributed by atoms with Crippen molar-refractivity contribution < 1.29 is 13.2 Å².